The molecule has 0 bridgehead atoms. The minimum absolute atomic E-state index is 0.119. The molecule has 0 saturated carbocycles. The van der Waals surface area contributed by atoms with Gasteiger partial charge < -0.3 is 5.11 Å². The summed E-state index contributed by atoms with van der Waals surface area (Å²) in [6.45, 7) is 19.8. The van der Waals surface area contributed by atoms with Crippen molar-refractivity contribution in [2.45, 2.75) is 79.6 Å². The van der Waals surface area contributed by atoms with Crippen LogP contribution >= 0.6 is 0 Å². The van der Waals surface area contributed by atoms with Gasteiger partial charge in [-0.25, -0.2) is 4.98 Å². The number of aromatic nitrogens is 3. The highest BCUT2D eigenvalue weighted by molar-refractivity contribution is 5.97. The molecule has 8 aromatic rings. The van der Waals surface area contributed by atoms with Crippen LogP contribution in [0, 0.1) is 13.8 Å². The standard InChI is InChI=1S/C54H53N3O/c1-33(2)40-30-47(34(3)4)52(58)48(31-40)53-56-51-46(16-13-17-50(51)57(53)44-22-23-45(36(6)26-44)38-14-11-10-12-15-38)41-27-42(29-43(28-41)54(7,8)9)49-32-39(24-25-55-49)37-20-18-35(5)19-21-37/h10-34,58H,1-9H3. The monoisotopic (exact) mass is 759 g/mol. The zero-order valence-corrected chi connectivity index (χ0v) is 35.2. The molecule has 0 amide bonds. The van der Waals surface area contributed by atoms with Gasteiger partial charge >= 0.3 is 0 Å². The van der Waals surface area contributed by atoms with Crippen LogP contribution in [0.15, 0.2) is 140 Å². The lowest BCUT2D eigenvalue weighted by molar-refractivity contribution is 0.466. The smallest absolute Gasteiger partial charge is 0.149 e. The number of fused-ring (bicyclic) bond motifs is 1. The van der Waals surface area contributed by atoms with E-state index in [0.717, 1.165) is 61.6 Å². The van der Waals surface area contributed by atoms with Gasteiger partial charge in [0, 0.05) is 23.0 Å². The van der Waals surface area contributed by atoms with Gasteiger partial charge in [0.05, 0.1) is 22.3 Å². The van der Waals surface area contributed by atoms with Crippen molar-refractivity contribution in [3.05, 3.63) is 167 Å². The number of aryl methyl sites for hydroxylation is 2. The molecule has 0 spiro atoms. The summed E-state index contributed by atoms with van der Waals surface area (Å²) in [5.74, 6) is 1.41. The number of aromatic hydroxyl groups is 1. The molecular formula is C54H53N3O. The topological polar surface area (TPSA) is 50.9 Å². The van der Waals surface area contributed by atoms with Gasteiger partial charge in [0.25, 0.3) is 0 Å². The fraction of sp³-hybridized carbons (Fsp3) is 0.222. The van der Waals surface area contributed by atoms with Crippen LogP contribution in [0.4, 0.5) is 0 Å². The lowest BCUT2D eigenvalue weighted by Gasteiger charge is -2.22. The number of benzene rings is 6. The van der Waals surface area contributed by atoms with Crippen molar-refractivity contribution in [3.8, 4) is 67.5 Å². The first-order valence-electron chi connectivity index (χ1n) is 20.5. The Balaban J connectivity index is 1.38. The van der Waals surface area contributed by atoms with Crippen LogP contribution < -0.4 is 0 Å². The van der Waals surface area contributed by atoms with Gasteiger partial charge in [-0.2, -0.15) is 0 Å². The Bertz CT molecular complexity index is 2780. The van der Waals surface area contributed by atoms with E-state index in [1.807, 2.05) is 6.20 Å². The van der Waals surface area contributed by atoms with Crippen molar-refractivity contribution in [2.75, 3.05) is 0 Å². The molecular weight excluding hydrogens is 707 g/mol. The first-order valence-corrected chi connectivity index (χ1v) is 20.5. The van der Waals surface area contributed by atoms with E-state index in [9.17, 15) is 5.11 Å². The van der Waals surface area contributed by atoms with Crippen LogP contribution in [0.2, 0.25) is 0 Å². The van der Waals surface area contributed by atoms with E-state index in [0.29, 0.717) is 0 Å². The van der Waals surface area contributed by atoms with E-state index in [1.54, 1.807) is 0 Å². The van der Waals surface area contributed by atoms with Gasteiger partial charge in [0.1, 0.15) is 11.6 Å². The number of phenolic OH excluding ortho intramolecular Hbond substituents is 1. The quantitative estimate of drug-likeness (QED) is 0.168. The molecule has 4 nitrogen and oxygen atoms in total. The number of phenols is 1. The van der Waals surface area contributed by atoms with E-state index >= 15 is 0 Å². The van der Waals surface area contributed by atoms with Crippen molar-refractivity contribution >= 4 is 11.0 Å². The van der Waals surface area contributed by atoms with Crippen LogP contribution in [-0.4, -0.2) is 19.6 Å². The second-order valence-corrected chi connectivity index (χ2v) is 17.5. The van der Waals surface area contributed by atoms with Crippen LogP contribution in [-0.2, 0) is 5.41 Å². The van der Waals surface area contributed by atoms with Crippen molar-refractivity contribution in [1.82, 2.24) is 14.5 Å². The summed E-state index contributed by atoms with van der Waals surface area (Å²) in [5.41, 5.74) is 18.0. The molecule has 0 aliphatic carbocycles. The second-order valence-electron chi connectivity index (χ2n) is 17.5. The molecule has 8 rings (SSSR count). The van der Waals surface area contributed by atoms with Crippen molar-refractivity contribution in [3.63, 3.8) is 0 Å². The number of rotatable bonds is 8. The van der Waals surface area contributed by atoms with Crippen LogP contribution in [0.25, 0.3) is 72.7 Å². The molecule has 0 unspecified atom stereocenters. The van der Waals surface area contributed by atoms with Gasteiger partial charge in [0.2, 0.25) is 0 Å². The number of nitrogens with zero attached hydrogens (tertiary/aromatic N) is 3. The predicted octanol–water partition coefficient (Wildman–Crippen LogP) is 14.6. The average molecular weight is 760 g/mol. The molecule has 4 heteroatoms. The molecule has 290 valence electrons. The Labute approximate surface area is 343 Å². The molecule has 0 aliphatic heterocycles. The van der Waals surface area contributed by atoms with Gasteiger partial charge in [-0.05, 0) is 130 Å². The van der Waals surface area contributed by atoms with E-state index in [4.69, 9.17) is 9.97 Å². The largest absolute Gasteiger partial charge is 0.507 e. The van der Waals surface area contributed by atoms with Crippen LogP contribution in [0.1, 0.15) is 88.1 Å². The molecule has 6 aromatic carbocycles. The third-order valence-electron chi connectivity index (χ3n) is 11.5. The van der Waals surface area contributed by atoms with E-state index in [1.165, 1.54) is 38.9 Å². The van der Waals surface area contributed by atoms with Gasteiger partial charge in [-0.1, -0.05) is 139 Å². The summed E-state index contributed by atoms with van der Waals surface area (Å²) in [4.78, 5) is 10.5. The number of imidazole rings is 1. The molecule has 2 heterocycles. The Kier molecular flexibility index (Phi) is 10.1. The van der Waals surface area contributed by atoms with Gasteiger partial charge in [-0.3, -0.25) is 9.55 Å². The Morgan fingerprint density at radius 2 is 1.33 bits per heavy atom. The SMILES string of the molecule is Cc1ccc(-c2ccnc(-c3cc(-c4cccc5c4nc(-c4cc(C(C)C)cc(C(C)C)c4O)n5-c4ccc(-c5ccccc5)c(C)c4)cc(C(C)(C)C)c3)c2)cc1. The highest BCUT2D eigenvalue weighted by atomic mass is 16.3. The zero-order valence-electron chi connectivity index (χ0n) is 35.2. The maximum absolute atomic E-state index is 12.1. The first-order chi connectivity index (χ1) is 27.8. The normalized spacial score (nSPS) is 11.9. The van der Waals surface area contributed by atoms with Crippen molar-refractivity contribution < 1.29 is 5.11 Å². The van der Waals surface area contributed by atoms with Crippen LogP contribution in [0.3, 0.4) is 0 Å². The molecule has 1 N–H and O–H groups in total. The number of para-hydroxylation sites is 1. The molecule has 0 saturated heterocycles. The molecule has 0 radical (unpaired) electrons. The van der Waals surface area contributed by atoms with E-state index in [-0.39, 0.29) is 23.0 Å². The minimum atomic E-state index is -0.119. The van der Waals surface area contributed by atoms with E-state index < -0.39 is 0 Å². The maximum atomic E-state index is 12.1. The third-order valence-corrected chi connectivity index (χ3v) is 11.5. The Hall–Kier alpha value is -6.26. The Morgan fingerprint density at radius 1 is 0.586 bits per heavy atom. The summed E-state index contributed by atoms with van der Waals surface area (Å²) in [6, 6.07) is 47.7. The van der Waals surface area contributed by atoms with Crippen LogP contribution in [0.5, 0.6) is 5.75 Å². The third kappa shape index (κ3) is 7.36. The summed E-state index contributed by atoms with van der Waals surface area (Å²) in [7, 11) is 0. The first kappa shape index (κ1) is 38.6. The molecule has 58 heavy (non-hydrogen) atoms. The fourth-order valence-electron chi connectivity index (χ4n) is 8.00. The predicted molar refractivity (Wildman–Crippen MR) is 244 cm³/mol. The lowest BCUT2D eigenvalue weighted by atomic mass is 9.83. The van der Waals surface area contributed by atoms with Gasteiger partial charge in [-0.15, -0.1) is 0 Å². The van der Waals surface area contributed by atoms with Crippen molar-refractivity contribution in [1.29, 1.82) is 0 Å². The van der Waals surface area contributed by atoms with Crippen molar-refractivity contribution in [2.24, 2.45) is 0 Å². The summed E-state index contributed by atoms with van der Waals surface area (Å²) >= 11 is 0. The maximum Gasteiger partial charge on any atom is 0.149 e. The summed E-state index contributed by atoms with van der Waals surface area (Å²) in [6.07, 6.45) is 1.91. The second kappa shape index (κ2) is 15.2. The highest BCUT2D eigenvalue weighted by Crippen LogP contribution is 2.43. The summed E-state index contributed by atoms with van der Waals surface area (Å²) in [5, 5.41) is 12.1. The molecule has 0 fully saturated rings. The lowest BCUT2D eigenvalue weighted by Crippen LogP contribution is -2.11. The molecule has 0 aliphatic rings. The molecule has 0 atom stereocenters. The number of hydrogen-bond acceptors (Lipinski definition) is 3. The number of hydrogen-bond donors (Lipinski definition) is 1. The fourth-order valence-corrected chi connectivity index (χ4v) is 8.00. The highest BCUT2D eigenvalue weighted by Gasteiger charge is 2.25. The van der Waals surface area contributed by atoms with Gasteiger partial charge in [0.15, 0.2) is 0 Å². The number of pyridine rings is 1. The Morgan fingerprint density at radius 3 is 2.02 bits per heavy atom. The zero-order chi connectivity index (χ0) is 40.9. The molecule has 2 aromatic heterocycles. The minimum Gasteiger partial charge on any atom is -0.507 e. The van der Waals surface area contributed by atoms with E-state index in [2.05, 4.69) is 200 Å². The average Bonchev–Trinajstić information content (AvgIpc) is 3.60. The summed E-state index contributed by atoms with van der Waals surface area (Å²) < 4.78 is 2.24.